The minimum absolute atomic E-state index is 0.529. The van der Waals surface area contributed by atoms with E-state index in [0.717, 1.165) is 17.0 Å². The molecule has 0 amide bonds. The topological polar surface area (TPSA) is 38.1 Å². The zero-order chi connectivity index (χ0) is 16.4. The summed E-state index contributed by atoms with van der Waals surface area (Å²) in [6, 6.07) is 22.0. The van der Waals surface area contributed by atoms with Crippen LogP contribution in [0.3, 0.4) is 0 Å². The first-order chi connectivity index (χ1) is 11.8. The number of aromatic nitrogens is 1. The highest BCUT2D eigenvalue weighted by Crippen LogP contribution is 2.25. The molecule has 1 heterocycles. The third-order valence-electron chi connectivity index (χ3n) is 3.90. The van der Waals surface area contributed by atoms with Crippen molar-refractivity contribution in [1.29, 1.82) is 0 Å². The quantitative estimate of drug-likeness (QED) is 0.515. The molecule has 0 fully saturated rings. The van der Waals surface area contributed by atoms with E-state index in [1.807, 2.05) is 42.5 Å². The van der Waals surface area contributed by atoms with Gasteiger partial charge in [0.1, 0.15) is 0 Å². The van der Waals surface area contributed by atoms with E-state index >= 15 is 0 Å². The SMILES string of the molecule is Clc1ccc(-c2cnc(CNc3cccc4ccccc34)o2)cc1. The van der Waals surface area contributed by atoms with Crippen molar-refractivity contribution in [3.8, 4) is 11.3 Å². The molecule has 4 rings (SSSR count). The van der Waals surface area contributed by atoms with E-state index in [4.69, 9.17) is 16.0 Å². The first-order valence-corrected chi connectivity index (χ1v) is 8.10. The minimum Gasteiger partial charge on any atom is -0.439 e. The van der Waals surface area contributed by atoms with Crippen molar-refractivity contribution in [3.63, 3.8) is 0 Å². The third kappa shape index (κ3) is 2.99. The van der Waals surface area contributed by atoms with E-state index < -0.39 is 0 Å². The van der Waals surface area contributed by atoms with Crippen LogP contribution < -0.4 is 5.32 Å². The van der Waals surface area contributed by atoms with E-state index in [1.54, 1.807) is 6.20 Å². The number of hydrogen-bond donors (Lipinski definition) is 1. The monoisotopic (exact) mass is 334 g/mol. The van der Waals surface area contributed by atoms with Gasteiger partial charge in [-0.1, -0.05) is 48.0 Å². The normalized spacial score (nSPS) is 10.9. The van der Waals surface area contributed by atoms with Crippen molar-refractivity contribution in [1.82, 2.24) is 4.98 Å². The maximum atomic E-state index is 5.91. The van der Waals surface area contributed by atoms with Crippen molar-refractivity contribution >= 4 is 28.1 Å². The Morgan fingerprint density at radius 2 is 1.71 bits per heavy atom. The van der Waals surface area contributed by atoms with Gasteiger partial charge in [-0.25, -0.2) is 4.98 Å². The Bertz CT molecular complexity index is 971. The van der Waals surface area contributed by atoms with Crippen LogP contribution in [0.2, 0.25) is 5.02 Å². The fourth-order valence-corrected chi connectivity index (χ4v) is 2.82. The Morgan fingerprint density at radius 3 is 2.58 bits per heavy atom. The molecule has 4 heteroatoms. The smallest absolute Gasteiger partial charge is 0.214 e. The van der Waals surface area contributed by atoms with Gasteiger partial charge in [0.25, 0.3) is 0 Å². The summed E-state index contributed by atoms with van der Waals surface area (Å²) in [6.07, 6.45) is 1.74. The maximum absolute atomic E-state index is 5.91. The Morgan fingerprint density at radius 1 is 0.917 bits per heavy atom. The Labute approximate surface area is 144 Å². The highest BCUT2D eigenvalue weighted by molar-refractivity contribution is 6.30. The second-order valence-electron chi connectivity index (χ2n) is 5.51. The fourth-order valence-electron chi connectivity index (χ4n) is 2.69. The second kappa shape index (κ2) is 6.38. The number of halogens is 1. The summed E-state index contributed by atoms with van der Waals surface area (Å²) >= 11 is 5.91. The molecule has 0 aliphatic carbocycles. The molecule has 0 saturated carbocycles. The molecule has 0 spiro atoms. The molecule has 3 nitrogen and oxygen atoms in total. The van der Waals surface area contributed by atoms with E-state index in [2.05, 4.69) is 34.6 Å². The first kappa shape index (κ1) is 14.8. The molecule has 0 aliphatic rings. The van der Waals surface area contributed by atoms with Gasteiger partial charge in [0.05, 0.1) is 12.7 Å². The fraction of sp³-hybridized carbons (Fsp3) is 0.0500. The Kier molecular flexibility index (Phi) is 3.93. The summed E-state index contributed by atoms with van der Waals surface area (Å²) in [5, 5.41) is 6.50. The largest absolute Gasteiger partial charge is 0.439 e. The van der Waals surface area contributed by atoms with Gasteiger partial charge in [-0.15, -0.1) is 0 Å². The molecular weight excluding hydrogens is 320 g/mol. The number of nitrogens with zero attached hydrogens (tertiary/aromatic N) is 1. The lowest BCUT2D eigenvalue weighted by Gasteiger charge is -2.07. The van der Waals surface area contributed by atoms with E-state index in [0.29, 0.717) is 17.5 Å². The van der Waals surface area contributed by atoms with Crippen LogP contribution in [0.1, 0.15) is 5.89 Å². The van der Waals surface area contributed by atoms with Crippen LogP contribution in [0, 0.1) is 0 Å². The van der Waals surface area contributed by atoms with Gasteiger partial charge >= 0.3 is 0 Å². The molecule has 0 saturated heterocycles. The number of benzene rings is 3. The lowest BCUT2D eigenvalue weighted by atomic mass is 10.1. The second-order valence-corrected chi connectivity index (χ2v) is 5.94. The zero-order valence-electron chi connectivity index (χ0n) is 12.9. The summed E-state index contributed by atoms with van der Waals surface area (Å²) in [5.41, 5.74) is 2.03. The average Bonchev–Trinajstić information content (AvgIpc) is 3.09. The molecule has 0 aliphatic heterocycles. The number of oxazole rings is 1. The molecule has 0 radical (unpaired) electrons. The third-order valence-corrected chi connectivity index (χ3v) is 4.15. The molecule has 0 bridgehead atoms. The van der Waals surface area contributed by atoms with Crippen LogP contribution in [0.25, 0.3) is 22.1 Å². The van der Waals surface area contributed by atoms with Crippen molar-refractivity contribution in [2.75, 3.05) is 5.32 Å². The van der Waals surface area contributed by atoms with Gasteiger partial charge in [0, 0.05) is 21.7 Å². The van der Waals surface area contributed by atoms with Crippen molar-refractivity contribution in [2.24, 2.45) is 0 Å². The zero-order valence-corrected chi connectivity index (χ0v) is 13.6. The van der Waals surface area contributed by atoms with Crippen molar-refractivity contribution in [2.45, 2.75) is 6.54 Å². The predicted molar refractivity (Wildman–Crippen MR) is 98.2 cm³/mol. The van der Waals surface area contributed by atoms with Crippen LogP contribution in [-0.4, -0.2) is 4.98 Å². The maximum Gasteiger partial charge on any atom is 0.214 e. The van der Waals surface area contributed by atoms with Crippen LogP contribution in [0.15, 0.2) is 77.3 Å². The first-order valence-electron chi connectivity index (χ1n) is 7.72. The Balaban J connectivity index is 1.53. The molecular formula is C20H15ClN2O. The summed E-state index contributed by atoms with van der Waals surface area (Å²) in [6.45, 7) is 0.529. The predicted octanol–water partition coefficient (Wildman–Crippen LogP) is 5.76. The summed E-state index contributed by atoms with van der Waals surface area (Å²) < 4.78 is 5.83. The molecule has 0 atom stereocenters. The number of anilines is 1. The molecule has 1 aromatic heterocycles. The highest BCUT2D eigenvalue weighted by Gasteiger charge is 2.07. The average molecular weight is 335 g/mol. The van der Waals surface area contributed by atoms with E-state index in [1.165, 1.54) is 10.8 Å². The van der Waals surface area contributed by atoms with Gasteiger partial charge in [-0.3, -0.25) is 0 Å². The van der Waals surface area contributed by atoms with Gasteiger partial charge in [0.15, 0.2) is 5.76 Å². The molecule has 0 unspecified atom stereocenters. The number of nitrogens with one attached hydrogen (secondary N) is 1. The lowest BCUT2D eigenvalue weighted by Crippen LogP contribution is -1.99. The molecule has 24 heavy (non-hydrogen) atoms. The standard InChI is InChI=1S/C20H15ClN2O/c21-16-10-8-15(9-11-16)19-12-23-20(24-19)13-22-18-7-3-5-14-4-1-2-6-17(14)18/h1-12,22H,13H2. The Hall–Kier alpha value is -2.78. The summed E-state index contributed by atoms with van der Waals surface area (Å²) in [5.74, 6) is 1.38. The molecule has 1 N–H and O–H groups in total. The molecule has 3 aromatic carbocycles. The van der Waals surface area contributed by atoms with Crippen LogP contribution >= 0.6 is 11.6 Å². The van der Waals surface area contributed by atoms with Gasteiger partial charge in [-0.2, -0.15) is 0 Å². The number of hydrogen-bond acceptors (Lipinski definition) is 3. The lowest BCUT2D eigenvalue weighted by molar-refractivity contribution is 0.516. The van der Waals surface area contributed by atoms with Crippen LogP contribution in [0.4, 0.5) is 5.69 Å². The van der Waals surface area contributed by atoms with Gasteiger partial charge in [0.2, 0.25) is 5.89 Å². The van der Waals surface area contributed by atoms with Crippen LogP contribution in [0.5, 0.6) is 0 Å². The summed E-state index contributed by atoms with van der Waals surface area (Å²) in [7, 11) is 0. The van der Waals surface area contributed by atoms with E-state index in [9.17, 15) is 0 Å². The minimum atomic E-state index is 0.529. The van der Waals surface area contributed by atoms with E-state index in [-0.39, 0.29) is 0 Å². The van der Waals surface area contributed by atoms with Gasteiger partial charge in [-0.05, 0) is 35.7 Å². The van der Waals surface area contributed by atoms with Crippen LogP contribution in [-0.2, 0) is 6.54 Å². The molecule has 118 valence electrons. The number of rotatable bonds is 4. The van der Waals surface area contributed by atoms with Crippen molar-refractivity contribution in [3.05, 3.63) is 83.8 Å². The van der Waals surface area contributed by atoms with Crippen molar-refractivity contribution < 1.29 is 4.42 Å². The van der Waals surface area contributed by atoms with Gasteiger partial charge < -0.3 is 9.73 Å². The summed E-state index contributed by atoms with van der Waals surface area (Å²) in [4.78, 5) is 4.35. The highest BCUT2D eigenvalue weighted by atomic mass is 35.5. The molecule has 4 aromatic rings. The number of fused-ring (bicyclic) bond motifs is 1.